The molecule has 0 radical (unpaired) electrons. The van der Waals surface area contributed by atoms with Crippen LogP contribution in [0, 0.1) is 0 Å². The second-order valence-corrected chi connectivity index (χ2v) is 4.52. The second kappa shape index (κ2) is 6.17. The van der Waals surface area contributed by atoms with E-state index in [2.05, 4.69) is 33.5 Å². The van der Waals surface area contributed by atoms with Gasteiger partial charge >= 0.3 is 5.69 Å². The zero-order valence-corrected chi connectivity index (χ0v) is 10.7. The summed E-state index contributed by atoms with van der Waals surface area (Å²) in [5.74, 6) is 0.865. The summed E-state index contributed by atoms with van der Waals surface area (Å²) in [6.45, 7) is 0.627. The van der Waals surface area contributed by atoms with E-state index >= 15 is 0 Å². The molecule has 0 aromatic carbocycles. The lowest BCUT2D eigenvalue weighted by atomic mass is 10.2. The van der Waals surface area contributed by atoms with Gasteiger partial charge in [-0.1, -0.05) is 6.42 Å². The predicted molar refractivity (Wildman–Crippen MR) is 66.7 cm³/mol. The van der Waals surface area contributed by atoms with Gasteiger partial charge in [0.25, 0.3) is 5.56 Å². The van der Waals surface area contributed by atoms with E-state index in [0.717, 1.165) is 25.0 Å². The molecule has 1 aromatic heterocycles. The number of hydrogen-bond acceptors (Lipinski definition) is 3. The monoisotopic (exact) mass is 292 g/mol. The summed E-state index contributed by atoms with van der Waals surface area (Å²) in [6.07, 6.45) is 4.52. The van der Waals surface area contributed by atoms with Gasteiger partial charge in [0.2, 0.25) is 0 Å². The largest absolute Gasteiger partial charge is 0.328 e. The van der Waals surface area contributed by atoms with E-state index in [0.29, 0.717) is 11.0 Å². The predicted octanol–water partition coefficient (Wildman–Crippen LogP) is 1.40. The average Bonchev–Trinajstić information content (AvgIpc) is 2.20. The number of halogens is 1. The van der Waals surface area contributed by atoms with Crippen molar-refractivity contribution in [3.8, 4) is 0 Å². The lowest BCUT2D eigenvalue weighted by molar-refractivity contribution is 0.575. The van der Waals surface area contributed by atoms with Gasteiger partial charge in [-0.25, -0.2) is 4.79 Å². The fourth-order valence-corrected chi connectivity index (χ4v) is 1.79. The highest BCUT2D eigenvalue weighted by Crippen LogP contribution is 2.01. The minimum atomic E-state index is -0.383. The summed E-state index contributed by atoms with van der Waals surface area (Å²) in [5, 5.41) is 0. The molecule has 84 valence electrons. The maximum atomic E-state index is 11.3. The van der Waals surface area contributed by atoms with Crippen LogP contribution in [0.15, 0.2) is 20.3 Å². The first-order chi connectivity index (χ1) is 7.15. The molecule has 1 heterocycles. The standard InChI is InChI=1S/C9H13BrN2O2S/c10-7-6-12(4-2-1-3-5-15)9(14)11-8(7)13/h6,15H,1-5H2,(H,11,13,14). The lowest BCUT2D eigenvalue weighted by Gasteiger charge is -2.04. The van der Waals surface area contributed by atoms with E-state index in [1.807, 2.05) is 0 Å². The Morgan fingerprint density at radius 1 is 1.33 bits per heavy atom. The van der Waals surface area contributed by atoms with Crippen molar-refractivity contribution in [2.24, 2.45) is 0 Å². The van der Waals surface area contributed by atoms with Gasteiger partial charge in [0.15, 0.2) is 0 Å². The number of unbranched alkanes of at least 4 members (excludes halogenated alkanes) is 2. The molecule has 4 nitrogen and oxygen atoms in total. The van der Waals surface area contributed by atoms with Crippen molar-refractivity contribution in [3.05, 3.63) is 31.5 Å². The molecule has 0 aliphatic rings. The van der Waals surface area contributed by atoms with Crippen LogP contribution in [-0.2, 0) is 6.54 Å². The van der Waals surface area contributed by atoms with E-state index in [9.17, 15) is 9.59 Å². The molecule has 0 spiro atoms. The van der Waals surface area contributed by atoms with Gasteiger partial charge in [0.1, 0.15) is 0 Å². The number of aryl methyl sites for hydroxylation is 1. The molecular weight excluding hydrogens is 280 g/mol. The molecule has 0 amide bonds. The third-order valence-corrected chi connectivity index (χ3v) is 2.91. The van der Waals surface area contributed by atoms with E-state index in [4.69, 9.17) is 0 Å². The third kappa shape index (κ3) is 3.87. The van der Waals surface area contributed by atoms with Crippen LogP contribution in [0.3, 0.4) is 0 Å². The van der Waals surface area contributed by atoms with E-state index in [-0.39, 0.29) is 11.2 Å². The van der Waals surface area contributed by atoms with Crippen LogP contribution in [-0.4, -0.2) is 15.3 Å². The SMILES string of the molecule is O=c1[nH]c(=O)n(CCCCCS)cc1Br. The van der Waals surface area contributed by atoms with Crippen molar-refractivity contribution >= 4 is 28.6 Å². The molecule has 0 unspecified atom stereocenters. The van der Waals surface area contributed by atoms with Gasteiger partial charge in [-0.05, 0) is 34.5 Å². The Morgan fingerprint density at radius 3 is 2.73 bits per heavy atom. The zero-order valence-electron chi connectivity index (χ0n) is 8.20. The highest BCUT2D eigenvalue weighted by Gasteiger charge is 2.00. The highest BCUT2D eigenvalue weighted by molar-refractivity contribution is 9.10. The van der Waals surface area contributed by atoms with Crippen LogP contribution in [0.4, 0.5) is 0 Å². The number of aromatic nitrogens is 2. The first-order valence-corrected chi connectivity index (χ1v) is 6.18. The minimum Gasteiger partial charge on any atom is -0.299 e. The summed E-state index contributed by atoms with van der Waals surface area (Å²) < 4.78 is 1.89. The van der Waals surface area contributed by atoms with E-state index in [1.54, 1.807) is 0 Å². The van der Waals surface area contributed by atoms with Crippen molar-refractivity contribution in [2.45, 2.75) is 25.8 Å². The molecule has 0 bridgehead atoms. The molecule has 0 aliphatic carbocycles. The summed E-state index contributed by atoms with van der Waals surface area (Å²) >= 11 is 7.19. The molecule has 0 saturated heterocycles. The maximum absolute atomic E-state index is 11.3. The molecule has 1 N–H and O–H groups in total. The van der Waals surface area contributed by atoms with Crippen LogP contribution in [0.1, 0.15) is 19.3 Å². The Hall–Kier alpha value is -0.490. The molecule has 0 saturated carbocycles. The van der Waals surface area contributed by atoms with Gasteiger partial charge in [0, 0.05) is 12.7 Å². The number of thiol groups is 1. The van der Waals surface area contributed by atoms with Crippen molar-refractivity contribution in [1.29, 1.82) is 0 Å². The van der Waals surface area contributed by atoms with Gasteiger partial charge in [0.05, 0.1) is 4.47 Å². The van der Waals surface area contributed by atoms with Crippen molar-refractivity contribution in [3.63, 3.8) is 0 Å². The minimum absolute atomic E-state index is 0.353. The topological polar surface area (TPSA) is 54.9 Å². The van der Waals surface area contributed by atoms with Gasteiger partial charge < -0.3 is 0 Å². The van der Waals surface area contributed by atoms with Crippen molar-refractivity contribution in [2.75, 3.05) is 5.75 Å². The average molecular weight is 293 g/mol. The smallest absolute Gasteiger partial charge is 0.299 e. The lowest BCUT2D eigenvalue weighted by Crippen LogP contribution is -2.29. The van der Waals surface area contributed by atoms with Crippen LogP contribution in [0.2, 0.25) is 0 Å². The summed E-state index contributed by atoms with van der Waals surface area (Å²) in [5.41, 5.74) is -0.735. The van der Waals surface area contributed by atoms with E-state index in [1.165, 1.54) is 10.8 Å². The summed E-state index contributed by atoms with van der Waals surface area (Å²) in [4.78, 5) is 24.6. The van der Waals surface area contributed by atoms with Gasteiger partial charge in [-0.15, -0.1) is 0 Å². The van der Waals surface area contributed by atoms with Crippen molar-refractivity contribution < 1.29 is 0 Å². The third-order valence-electron chi connectivity index (χ3n) is 2.02. The zero-order chi connectivity index (χ0) is 11.3. The van der Waals surface area contributed by atoms with Crippen LogP contribution >= 0.6 is 28.6 Å². The van der Waals surface area contributed by atoms with Crippen molar-refractivity contribution in [1.82, 2.24) is 9.55 Å². The molecular formula is C9H13BrN2O2S. The summed E-state index contributed by atoms with van der Waals surface area (Å²) in [7, 11) is 0. The molecule has 0 fully saturated rings. The number of nitrogens with one attached hydrogen (secondary N) is 1. The summed E-state index contributed by atoms with van der Waals surface area (Å²) in [6, 6.07) is 0. The molecule has 1 rings (SSSR count). The molecule has 0 aliphatic heterocycles. The van der Waals surface area contributed by atoms with Crippen LogP contribution in [0.25, 0.3) is 0 Å². The van der Waals surface area contributed by atoms with Crippen LogP contribution in [0.5, 0.6) is 0 Å². The molecule has 6 heteroatoms. The van der Waals surface area contributed by atoms with Gasteiger partial charge in [-0.3, -0.25) is 14.3 Å². The fraction of sp³-hybridized carbons (Fsp3) is 0.556. The number of aromatic amines is 1. The first kappa shape index (κ1) is 12.6. The number of hydrogen-bond donors (Lipinski definition) is 2. The Balaban J connectivity index is 2.66. The Bertz CT molecular complexity index is 427. The number of nitrogens with zero attached hydrogens (tertiary/aromatic N) is 1. The normalized spacial score (nSPS) is 10.5. The molecule has 0 atom stereocenters. The van der Waals surface area contributed by atoms with E-state index < -0.39 is 0 Å². The molecule has 1 aromatic rings. The Labute approximate surface area is 101 Å². The fourth-order valence-electron chi connectivity index (χ4n) is 1.22. The maximum Gasteiger partial charge on any atom is 0.328 e. The van der Waals surface area contributed by atoms with Gasteiger partial charge in [-0.2, -0.15) is 12.6 Å². The Kier molecular flexibility index (Phi) is 5.17. The first-order valence-electron chi connectivity index (χ1n) is 4.75. The molecule has 15 heavy (non-hydrogen) atoms. The second-order valence-electron chi connectivity index (χ2n) is 3.21. The Morgan fingerprint density at radius 2 is 2.07 bits per heavy atom. The number of rotatable bonds is 5. The quantitative estimate of drug-likeness (QED) is 0.637. The highest BCUT2D eigenvalue weighted by atomic mass is 79.9. The number of H-pyrrole nitrogens is 1. The van der Waals surface area contributed by atoms with Crippen LogP contribution < -0.4 is 11.2 Å².